The molecule has 2 unspecified atom stereocenters. The molecule has 4 N–H and O–H groups in total. The largest absolute Gasteiger partial charge is 0.481 e. The highest BCUT2D eigenvalue weighted by Gasteiger charge is 2.29. The minimum absolute atomic E-state index is 0.0746. The van der Waals surface area contributed by atoms with Gasteiger partial charge in [0, 0.05) is 0 Å². The highest BCUT2D eigenvalue weighted by atomic mass is 16.4. The molecule has 0 aliphatic carbocycles. The number of Topliss-reactive ketones (excluding diaryl/α,β-unsaturated/α-hetero) is 1. The number of ketones is 1. The van der Waals surface area contributed by atoms with Crippen molar-refractivity contribution in [3.05, 3.63) is 0 Å². The minimum atomic E-state index is -1.22. The number of carbonyl (C=O) groups is 2. The van der Waals surface area contributed by atoms with Crippen LogP contribution in [0.1, 0.15) is 19.8 Å². The molecule has 5 nitrogen and oxygen atoms in total. The third-order valence-corrected chi connectivity index (χ3v) is 1.81. The van der Waals surface area contributed by atoms with Gasteiger partial charge in [0.15, 0.2) is 5.78 Å². The van der Waals surface area contributed by atoms with Gasteiger partial charge in [0.25, 0.3) is 0 Å². The molecule has 0 rings (SSSR count). The standard InChI is InChI=1S/C8H15NO4/c1-2-6(10)7(11)5(3-4-9)8(12)13/h5-6,10H,2-4,9H2,1H3,(H,12,13). The average molecular weight is 189 g/mol. The topological polar surface area (TPSA) is 101 Å². The van der Waals surface area contributed by atoms with E-state index in [9.17, 15) is 9.59 Å². The summed E-state index contributed by atoms with van der Waals surface area (Å²) in [4.78, 5) is 21.8. The van der Waals surface area contributed by atoms with Crippen molar-refractivity contribution in [2.24, 2.45) is 11.7 Å². The quantitative estimate of drug-likeness (QED) is 0.483. The number of hydrogen-bond acceptors (Lipinski definition) is 4. The smallest absolute Gasteiger partial charge is 0.314 e. The monoisotopic (exact) mass is 189 g/mol. The molecule has 0 saturated carbocycles. The van der Waals surface area contributed by atoms with Gasteiger partial charge in [0.1, 0.15) is 12.0 Å². The number of carboxylic acids is 1. The normalized spacial score (nSPS) is 15.0. The lowest BCUT2D eigenvalue weighted by Gasteiger charge is -2.13. The number of aliphatic hydroxyl groups excluding tert-OH is 1. The van der Waals surface area contributed by atoms with E-state index in [1.807, 2.05) is 0 Å². The van der Waals surface area contributed by atoms with Crippen LogP contribution in [0.2, 0.25) is 0 Å². The van der Waals surface area contributed by atoms with Gasteiger partial charge in [0.05, 0.1) is 0 Å². The molecule has 0 saturated heterocycles. The summed E-state index contributed by atoms with van der Waals surface area (Å²) in [6.45, 7) is 1.74. The number of nitrogens with two attached hydrogens (primary N) is 1. The summed E-state index contributed by atoms with van der Waals surface area (Å²) in [5, 5.41) is 17.8. The molecule has 0 aromatic heterocycles. The predicted molar refractivity (Wildman–Crippen MR) is 46.1 cm³/mol. The number of carbonyl (C=O) groups excluding carboxylic acids is 1. The van der Waals surface area contributed by atoms with E-state index in [4.69, 9.17) is 15.9 Å². The van der Waals surface area contributed by atoms with Crippen LogP contribution in [-0.2, 0) is 9.59 Å². The third-order valence-electron chi connectivity index (χ3n) is 1.81. The van der Waals surface area contributed by atoms with Crippen molar-refractivity contribution in [1.29, 1.82) is 0 Å². The first-order chi connectivity index (χ1) is 6.04. The van der Waals surface area contributed by atoms with Crippen LogP contribution in [0, 0.1) is 5.92 Å². The van der Waals surface area contributed by atoms with Crippen LogP contribution < -0.4 is 5.73 Å². The van der Waals surface area contributed by atoms with Gasteiger partial charge >= 0.3 is 5.97 Å². The van der Waals surface area contributed by atoms with E-state index in [0.29, 0.717) is 0 Å². The summed E-state index contributed by atoms with van der Waals surface area (Å²) in [6, 6.07) is 0. The SMILES string of the molecule is CCC(O)C(=O)C(CCN)C(=O)O. The van der Waals surface area contributed by atoms with Crippen molar-refractivity contribution < 1.29 is 19.8 Å². The summed E-state index contributed by atoms with van der Waals surface area (Å²) >= 11 is 0. The van der Waals surface area contributed by atoms with Crippen LogP contribution in [0.15, 0.2) is 0 Å². The fraction of sp³-hybridized carbons (Fsp3) is 0.750. The molecular weight excluding hydrogens is 174 g/mol. The molecule has 0 aromatic carbocycles. The summed E-state index contributed by atoms with van der Waals surface area (Å²) in [5.41, 5.74) is 5.15. The van der Waals surface area contributed by atoms with Crippen molar-refractivity contribution in [2.75, 3.05) is 6.54 Å². The van der Waals surface area contributed by atoms with Crippen LogP contribution in [-0.4, -0.2) is 34.6 Å². The third kappa shape index (κ3) is 3.52. The molecule has 0 radical (unpaired) electrons. The fourth-order valence-electron chi connectivity index (χ4n) is 0.988. The Kier molecular flexibility index (Phi) is 5.25. The summed E-state index contributed by atoms with van der Waals surface area (Å²) in [6.07, 6.45) is -0.883. The number of aliphatic hydroxyl groups is 1. The maximum absolute atomic E-state index is 11.2. The molecular formula is C8H15NO4. The second-order valence-electron chi connectivity index (χ2n) is 2.79. The lowest BCUT2D eigenvalue weighted by Crippen LogP contribution is -2.34. The molecule has 0 spiro atoms. The van der Waals surface area contributed by atoms with E-state index >= 15 is 0 Å². The van der Waals surface area contributed by atoms with Gasteiger partial charge in [-0.05, 0) is 19.4 Å². The van der Waals surface area contributed by atoms with E-state index in [1.165, 1.54) is 0 Å². The van der Waals surface area contributed by atoms with Gasteiger partial charge < -0.3 is 15.9 Å². The first-order valence-electron chi connectivity index (χ1n) is 4.19. The first kappa shape index (κ1) is 12.1. The zero-order valence-electron chi connectivity index (χ0n) is 7.56. The molecule has 0 aliphatic heterocycles. The van der Waals surface area contributed by atoms with E-state index in [2.05, 4.69) is 0 Å². The van der Waals surface area contributed by atoms with Crippen molar-refractivity contribution in [2.45, 2.75) is 25.9 Å². The highest BCUT2D eigenvalue weighted by Crippen LogP contribution is 2.08. The Balaban J connectivity index is 4.36. The minimum Gasteiger partial charge on any atom is -0.481 e. The second kappa shape index (κ2) is 5.66. The molecule has 0 heterocycles. The number of hydrogen-bond donors (Lipinski definition) is 3. The van der Waals surface area contributed by atoms with Gasteiger partial charge in [-0.25, -0.2) is 0 Å². The van der Waals surface area contributed by atoms with Crippen LogP contribution in [0.5, 0.6) is 0 Å². The van der Waals surface area contributed by atoms with Crippen LogP contribution in [0.4, 0.5) is 0 Å². The maximum atomic E-state index is 11.2. The Hall–Kier alpha value is -0.940. The lowest BCUT2D eigenvalue weighted by molar-refractivity contribution is -0.149. The molecule has 0 bridgehead atoms. The van der Waals surface area contributed by atoms with E-state index < -0.39 is 23.8 Å². The highest BCUT2D eigenvalue weighted by molar-refractivity contribution is 6.00. The van der Waals surface area contributed by atoms with Crippen molar-refractivity contribution in [1.82, 2.24) is 0 Å². The van der Waals surface area contributed by atoms with E-state index in [-0.39, 0.29) is 19.4 Å². The van der Waals surface area contributed by atoms with E-state index in [1.54, 1.807) is 6.92 Å². The zero-order valence-corrected chi connectivity index (χ0v) is 7.56. The Labute approximate surface area is 76.5 Å². The molecule has 0 amide bonds. The number of carboxylic acid groups (broad SMARTS) is 1. The van der Waals surface area contributed by atoms with Crippen molar-refractivity contribution in [3.63, 3.8) is 0 Å². The Morgan fingerprint density at radius 2 is 2.00 bits per heavy atom. The summed E-state index contributed by atoms with van der Waals surface area (Å²) < 4.78 is 0. The Bertz CT molecular complexity index is 193. The predicted octanol–water partition coefficient (Wildman–Crippen LogP) is -0.624. The molecule has 13 heavy (non-hydrogen) atoms. The number of aliphatic carboxylic acids is 1. The molecule has 5 heteroatoms. The van der Waals surface area contributed by atoms with Gasteiger partial charge in [-0.15, -0.1) is 0 Å². The van der Waals surface area contributed by atoms with Gasteiger partial charge in [-0.1, -0.05) is 6.92 Å². The molecule has 76 valence electrons. The number of rotatable bonds is 6. The van der Waals surface area contributed by atoms with Crippen LogP contribution in [0.25, 0.3) is 0 Å². The van der Waals surface area contributed by atoms with Crippen LogP contribution >= 0.6 is 0 Å². The van der Waals surface area contributed by atoms with E-state index in [0.717, 1.165) is 0 Å². The zero-order chi connectivity index (χ0) is 10.4. The lowest BCUT2D eigenvalue weighted by atomic mass is 9.95. The first-order valence-corrected chi connectivity index (χ1v) is 4.19. The Morgan fingerprint density at radius 1 is 1.46 bits per heavy atom. The Morgan fingerprint density at radius 3 is 2.31 bits per heavy atom. The molecule has 0 aromatic rings. The van der Waals surface area contributed by atoms with Gasteiger partial charge in [0.2, 0.25) is 0 Å². The average Bonchev–Trinajstić information content (AvgIpc) is 2.11. The molecule has 0 fully saturated rings. The second-order valence-corrected chi connectivity index (χ2v) is 2.79. The van der Waals surface area contributed by atoms with Crippen molar-refractivity contribution in [3.8, 4) is 0 Å². The summed E-state index contributed by atoms with van der Waals surface area (Å²) in [7, 11) is 0. The van der Waals surface area contributed by atoms with Gasteiger partial charge in [-0.2, -0.15) is 0 Å². The molecule has 0 aliphatic rings. The van der Waals surface area contributed by atoms with Gasteiger partial charge in [-0.3, -0.25) is 9.59 Å². The van der Waals surface area contributed by atoms with Crippen LogP contribution in [0.3, 0.4) is 0 Å². The molecule has 2 atom stereocenters. The van der Waals surface area contributed by atoms with Crippen molar-refractivity contribution >= 4 is 11.8 Å². The summed E-state index contributed by atoms with van der Waals surface area (Å²) in [5.74, 6) is -3.04. The maximum Gasteiger partial charge on any atom is 0.314 e. The fourth-order valence-corrected chi connectivity index (χ4v) is 0.988.